The minimum absolute atomic E-state index is 0.0508. The zero-order chi connectivity index (χ0) is 19.7. The van der Waals surface area contributed by atoms with Crippen molar-refractivity contribution in [2.75, 3.05) is 18.5 Å². The maximum Gasteiger partial charge on any atom is 0.412 e. The molecule has 0 aliphatic carbocycles. The van der Waals surface area contributed by atoms with Crippen LogP contribution >= 0.6 is 0 Å². The SMILES string of the molecule is CC(C)(C)OC(=O)Nc1cccc(OCCNC(=O)Cc2ccccc2)c1. The van der Waals surface area contributed by atoms with Crippen LogP contribution in [0.15, 0.2) is 54.6 Å². The third kappa shape index (κ3) is 8.27. The van der Waals surface area contributed by atoms with E-state index in [4.69, 9.17) is 9.47 Å². The lowest BCUT2D eigenvalue weighted by atomic mass is 10.1. The van der Waals surface area contributed by atoms with Crippen LogP contribution in [-0.2, 0) is 16.0 Å². The molecule has 0 atom stereocenters. The van der Waals surface area contributed by atoms with Gasteiger partial charge >= 0.3 is 6.09 Å². The highest BCUT2D eigenvalue weighted by molar-refractivity contribution is 5.85. The van der Waals surface area contributed by atoms with Crippen molar-refractivity contribution >= 4 is 17.7 Å². The summed E-state index contributed by atoms with van der Waals surface area (Å²) >= 11 is 0. The number of rotatable bonds is 7. The van der Waals surface area contributed by atoms with Crippen molar-refractivity contribution in [3.8, 4) is 5.75 Å². The molecule has 6 nitrogen and oxygen atoms in total. The Labute approximate surface area is 159 Å². The largest absolute Gasteiger partial charge is 0.492 e. The Morgan fingerprint density at radius 1 is 1.00 bits per heavy atom. The van der Waals surface area contributed by atoms with E-state index in [2.05, 4.69) is 10.6 Å². The lowest BCUT2D eigenvalue weighted by Crippen LogP contribution is -2.29. The van der Waals surface area contributed by atoms with Crippen molar-refractivity contribution in [2.45, 2.75) is 32.8 Å². The Bertz CT molecular complexity index is 754. The van der Waals surface area contributed by atoms with Gasteiger partial charge in [0.05, 0.1) is 13.0 Å². The van der Waals surface area contributed by atoms with Gasteiger partial charge in [-0.05, 0) is 38.5 Å². The minimum Gasteiger partial charge on any atom is -0.492 e. The average molecular weight is 370 g/mol. The summed E-state index contributed by atoms with van der Waals surface area (Å²) in [5.41, 5.74) is 0.988. The van der Waals surface area contributed by atoms with Gasteiger partial charge in [0.25, 0.3) is 0 Å². The Hall–Kier alpha value is -3.02. The fourth-order valence-electron chi connectivity index (χ4n) is 2.29. The molecule has 2 amide bonds. The van der Waals surface area contributed by atoms with Gasteiger partial charge in [0.1, 0.15) is 18.0 Å². The van der Waals surface area contributed by atoms with Crippen LogP contribution in [0.1, 0.15) is 26.3 Å². The standard InChI is InChI=1S/C21H26N2O4/c1-21(2,3)27-20(25)23-17-10-7-11-18(15-17)26-13-12-22-19(24)14-16-8-5-4-6-9-16/h4-11,15H,12-14H2,1-3H3,(H,22,24)(H,23,25). The number of hydrogen-bond acceptors (Lipinski definition) is 4. The third-order valence-electron chi connectivity index (χ3n) is 3.38. The van der Waals surface area contributed by atoms with Crippen LogP contribution < -0.4 is 15.4 Å². The van der Waals surface area contributed by atoms with Crippen molar-refractivity contribution in [3.05, 3.63) is 60.2 Å². The van der Waals surface area contributed by atoms with E-state index in [-0.39, 0.29) is 5.91 Å². The van der Waals surface area contributed by atoms with Crippen molar-refractivity contribution in [1.82, 2.24) is 5.32 Å². The van der Waals surface area contributed by atoms with Gasteiger partial charge in [0, 0.05) is 11.8 Å². The number of carbonyl (C=O) groups is 2. The molecule has 0 fully saturated rings. The molecule has 6 heteroatoms. The van der Waals surface area contributed by atoms with E-state index >= 15 is 0 Å². The van der Waals surface area contributed by atoms with Gasteiger partial charge in [-0.25, -0.2) is 4.79 Å². The molecule has 0 spiro atoms. The average Bonchev–Trinajstić information content (AvgIpc) is 2.58. The monoisotopic (exact) mass is 370 g/mol. The third-order valence-corrected chi connectivity index (χ3v) is 3.38. The van der Waals surface area contributed by atoms with Gasteiger partial charge < -0.3 is 14.8 Å². The molecule has 2 aromatic carbocycles. The summed E-state index contributed by atoms with van der Waals surface area (Å²) in [6.07, 6.45) is -0.177. The number of nitrogens with one attached hydrogen (secondary N) is 2. The molecule has 2 rings (SSSR count). The lowest BCUT2D eigenvalue weighted by molar-refractivity contribution is -0.120. The van der Waals surface area contributed by atoms with Crippen LogP contribution in [0.4, 0.5) is 10.5 Å². The van der Waals surface area contributed by atoms with Gasteiger partial charge in [0.2, 0.25) is 5.91 Å². The molecule has 0 radical (unpaired) electrons. The lowest BCUT2D eigenvalue weighted by Gasteiger charge is -2.19. The molecule has 144 valence electrons. The second-order valence-corrected chi connectivity index (χ2v) is 7.02. The van der Waals surface area contributed by atoms with E-state index < -0.39 is 11.7 Å². The van der Waals surface area contributed by atoms with Crippen LogP contribution in [0, 0.1) is 0 Å². The number of carbonyl (C=O) groups excluding carboxylic acids is 2. The van der Waals surface area contributed by atoms with Crippen molar-refractivity contribution < 1.29 is 19.1 Å². The normalized spacial score (nSPS) is 10.8. The molecule has 0 bridgehead atoms. The number of anilines is 1. The molecule has 0 aromatic heterocycles. The van der Waals surface area contributed by atoms with Gasteiger partial charge in [0.15, 0.2) is 0 Å². The Morgan fingerprint density at radius 3 is 2.44 bits per heavy atom. The van der Waals surface area contributed by atoms with E-state index in [1.807, 2.05) is 30.3 Å². The summed E-state index contributed by atoms with van der Waals surface area (Å²) in [6.45, 7) is 6.14. The molecule has 0 saturated heterocycles. The molecular weight excluding hydrogens is 344 g/mol. The Kier molecular flexibility index (Phi) is 7.23. The smallest absolute Gasteiger partial charge is 0.412 e. The van der Waals surface area contributed by atoms with Gasteiger partial charge in [-0.15, -0.1) is 0 Å². The zero-order valence-electron chi connectivity index (χ0n) is 16.0. The molecular formula is C21H26N2O4. The second kappa shape index (κ2) is 9.62. The topological polar surface area (TPSA) is 76.7 Å². The first-order chi connectivity index (χ1) is 12.8. The van der Waals surface area contributed by atoms with Gasteiger partial charge in [-0.1, -0.05) is 36.4 Å². The summed E-state index contributed by atoms with van der Waals surface area (Å²) in [5, 5.41) is 5.48. The maximum atomic E-state index is 11.9. The van der Waals surface area contributed by atoms with E-state index in [0.29, 0.717) is 31.0 Å². The second-order valence-electron chi connectivity index (χ2n) is 7.02. The first-order valence-corrected chi connectivity index (χ1v) is 8.85. The fraction of sp³-hybridized carbons (Fsp3) is 0.333. The fourth-order valence-corrected chi connectivity index (χ4v) is 2.29. The van der Waals surface area contributed by atoms with E-state index in [0.717, 1.165) is 5.56 Å². The summed E-state index contributed by atoms with van der Waals surface area (Å²) in [7, 11) is 0. The first-order valence-electron chi connectivity index (χ1n) is 8.85. The number of ether oxygens (including phenoxy) is 2. The molecule has 0 unspecified atom stereocenters. The predicted molar refractivity (Wildman–Crippen MR) is 105 cm³/mol. The molecule has 0 aliphatic heterocycles. The Balaban J connectivity index is 1.73. The maximum absolute atomic E-state index is 11.9. The van der Waals surface area contributed by atoms with E-state index in [9.17, 15) is 9.59 Å². The van der Waals surface area contributed by atoms with Crippen molar-refractivity contribution in [1.29, 1.82) is 0 Å². The van der Waals surface area contributed by atoms with Crippen LogP contribution in [0.5, 0.6) is 5.75 Å². The van der Waals surface area contributed by atoms with E-state index in [1.165, 1.54) is 0 Å². The van der Waals surface area contributed by atoms with Crippen LogP contribution in [-0.4, -0.2) is 30.8 Å². The van der Waals surface area contributed by atoms with Crippen LogP contribution in [0.2, 0.25) is 0 Å². The van der Waals surface area contributed by atoms with Crippen LogP contribution in [0.25, 0.3) is 0 Å². The van der Waals surface area contributed by atoms with E-state index in [1.54, 1.807) is 45.0 Å². The predicted octanol–water partition coefficient (Wildman–Crippen LogP) is 3.77. The molecule has 0 aliphatic rings. The highest BCUT2D eigenvalue weighted by atomic mass is 16.6. The quantitative estimate of drug-likeness (QED) is 0.728. The Morgan fingerprint density at radius 2 is 1.74 bits per heavy atom. The van der Waals surface area contributed by atoms with Gasteiger partial charge in [-0.3, -0.25) is 10.1 Å². The van der Waals surface area contributed by atoms with Crippen LogP contribution in [0.3, 0.4) is 0 Å². The zero-order valence-corrected chi connectivity index (χ0v) is 16.0. The number of hydrogen-bond donors (Lipinski definition) is 2. The van der Waals surface area contributed by atoms with Crippen molar-refractivity contribution in [3.63, 3.8) is 0 Å². The summed E-state index contributed by atoms with van der Waals surface area (Å²) < 4.78 is 10.8. The minimum atomic E-state index is -0.559. The summed E-state index contributed by atoms with van der Waals surface area (Å²) in [4.78, 5) is 23.7. The summed E-state index contributed by atoms with van der Waals surface area (Å²) in [6, 6.07) is 16.6. The highest BCUT2D eigenvalue weighted by Gasteiger charge is 2.16. The number of amides is 2. The highest BCUT2D eigenvalue weighted by Crippen LogP contribution is 2.18. The molecule has 0 heterocycles. The van der Waals surface area contributed by atoms with Crippen molar-refractivity contribution in [2.24, 2.45) is 0 Å². The van der Waals surface area contributed by atoms with Gasteiger partial charge in [-0.2, -0.15) is 0 Å². The number of benzene rings is 2. The molecule has 2 N–H and O–H groups in total. The molecule has 0 saturated carbocycles. The molecule has 27 heavy (non-hydrogen) atoms. The summed E-state index contributed by atoms with van der Waals surface area (Å²) in [5.74, 6) is 0.547. The molecule has 2 aromatic rings. The first kappa shape index (κ1) is 20.3.